The van der Waals surface area contributed by atoms with E-state index in [9.17, 15) is 18.0 Å². The van der Waals surface area contributed by atoms with E-state index in [2.05, 4.69) is 20.4 Å². The third-order valence-electron chi connectivity index (χ3n) is 3.67. The third-order valence-corrected chi connectivity index (χ3v) is 4.45. The van der Waals surface area contributed by atoms with Gasteiger partial charge in [-0.1, -0.05) is 5.16 Å². The van der Waals surface area contributed by atoms with Crippen LogP contribution in [0.5, 0.6) is 0 Å². The van der Waals surface area contributed by atoms with Gasteiger partial charge in [0.2, 0.25) is 0 Å². The monoisotopic (exact) mass is 436 g/mol. The molecule has 1 amide bonds. The third kappa shape index (κ3) is 7.44. The highest BCUT2D eigenvalue weighted by atomic mass is 32.1. The molecule has 29 heavy (non-hydrogen) atoms. The van der Waals surface area contributed by atoms with E-state index in [0.717, 1.165) is 37.9 Å². The summed E-state index contributed by atoms with van der Waals surface area (Å²) in [4.78, 5) is 27.5. The molecular weight excluding hydrogens is 417 g/mol. The number of nitrogens with one attached hydrogen (secondary N) is 1. The minimum atomic E-state index is -5.08. The second kappa shape index (κ2) is 10.3. The summed E-state index contributed by atoms with van der Waals surface area (Å²) in [5.41, 5.74) is 0.991. The highest BCUT2D eigenvalue weighted by molar-refractivity contribution is 7.09. The average Bonchev–Trinajstić information content (AvgIpc) is 3.31. The molecule has 0 bridgehead atoms. The van der Waals surface area contributed by atoms with Gasteiger partial charge in [0, 0.05) is 37.6 Å². The standard InChI is InChI=1S/C14H18N4O3S.C2HF3O2/c1-10-16-12(9-22-10)13-8-11(17-21-13)14(19)15-2-3-18-4-6-20-7-5-18;3-2(4,5)1(6)7/h8-9H,2-7H2,1H3,(H,15,19);(H,6,7). The van der Waals surface area contributed by atoms with Crippen LogP contribution in [0, 0.1) is 6.92 Å². The van der Waals surface area contributed by atoms with Gasteiger partial charge in [0.05, 0.1) is 18.2 Å². The number of carboxylic acids is 1. The topological polar surface area (TPSA) is 118 Å². The highest BCUT2D eigenvalue weighted by Gasteiger charge is 2.38. The summed E-state index contributed by atoms with van der Waals surface area (Å²) in [5, 5.41) is 16.6. The summed E-state index contributed by atoms with van der Waals surface area (Å²) in [5.74, 6) is -2.47. The van der Waals surface area contributed by atoms with Crippen LogP contribution in [0.3, 0.4) is 0 Å². The Hall–Kier alpha value is -2.51. The minimum Gasteiger partial charge on any atom is -0.475 e. The van der Waals surface area contributed by atoms with Crippen molar-refractivity contribution >= 4 is 23.2 Å². The number of carbonyl (C=O) groups is 2. The van der Waals surface area contributed by atoms with Gasteiger partial charge in [-0.2, -0.15) is 13.2 Å². The van der Waals surface area contributed by atoms with E-state index in [4.69, 9.17) is 19.2 Å². The van der Waals surface area contributed by atoms with E-state index >= 15 is 0 Å². The van der Waals surface area contributed by atoms with Gasteiger partial charge in [0.15, 0.2) is 11.5 Å². The summed E-state index contributed by atoms with van der Waals surface area (Å²) in [7, 11) is 0. The zero-order valence-electron chi connectivity index (χ0n) is 15.4. The minimum absolute atomic E-state index is 0.227. The van der Waals surface area contributed by atoms with Crippen molar-refractivity contribution in [1.82, 2.24) is 20.4 Å². The molecule has 0 radical (unpaired) electrons. The van der Waals surface area contributed by atoms with Crippen molar-refractivity contribution in [3.05, 3.63) is 22.1 Å². The lowest BCUT2D eigenvalue weighted by Gasteiger charge is -2.26. The van der Waals surface area contributed by atoms with Gasteiger partial charge in [0.1, 0.15) is 5.69 Å². The molecule has 2 N–H and O–H groups in total. The van der Waals surface area contributed by atoms with Crippen molar-refractivity contribution in [2.45, 2.75) is 13.1 Å². The van der Waals surface area contributed by atoms with E-state index in [1.165, 1.54) is 11.3 Å². The molecular formula is C16H19F3N4O5S. The van der Waals surface area contributed by atoms with Gasteiger partial charge in [-0.05, 0) is 6.92 Å². The number of aliphatic carboxylic acids is 1. The van der Waals surface area contributed by atoms with Gasteiger partial charge in [-0.15, -0.1) is 11.3 Å². The number of nitrogens with zero attached hydrogens (tertiary/aromatic N) is 3. The van der Waals surface area contributed by atoms with Crippen molar-refractivity contribution in [1.29, 1.82) is 0 Å². The largest absolute Gasteiger partial charge is 0.490 e. The zero-order chi connectivity index (χ0) is 21.4. The Morgan fingerprint density at radius 2 is 2.00 bits per heavy atom. The molecule has 1 fully saturated rings. The molecule has 1 saturated heterocycles. The first kappa shape index (κ1) is 22.8. The molecule has 2 aromatic heterocycles. The number of carbonyl (C=O) groups excluding carboxylic acids is 1. The van der Waals surface area contributed by atoms with E-state index < -0.39 is 12.1 Å². The number of amides is 1. The number of alkyl halides is 3. The molecule has 160 valence electrons. The molecule has 9 nitrogen and oxygen atoms in total. The van der Waals surface area contributed by atoms with Crippen molar-refractivity contribution < 1.29 is 37.1 Å². The van der Waals surface area contributed by atoms with Crippen molar-refractivity contribution in [2.75, 3.05) is 39.4 Å². The molecule has 0 atom stereocenters. The van der Waals surface area contributed by atoms with Crippen molar-refractivity contribution in [3.63, 3.8) is 0 Å². The summed E-state index contributed by atoms with van der Waals surface area (Å²) in [6.07, 6.45) is -5.08. The first-order valence-corrected chi connectivity index (χ1v) is 9.32. The Morgan fingerprint density at radius 3 is 2.55 bits per heavy atom. The second-order valence-electron chi connectivity index (χ2n) is 5.84. The fourth-order valence-electron chi connectivity index (χ4n) is 2.22. The first-order chi connectivity index (χ1) is 13.7. The molecule has 2 aromatic rings. The van der Waals surface area contributed by atoms with Gasteiger partial charge in [-0.3, -0.25) is 9.69 Å². The van der Waals surface area contributed by atoms with Crippen LogP contribution in [0.2, 0.25) is 0 Å². The van der Waals surface area contributed by atoms with Crippen LogP contribution in [0.25, 0.3) is 11.5 Å². The molecule has 0 aliphatic carbocycles. The summed E-state index contributed by atoms with van der Waals surface area (Å²) in [6.45, 7) is 6.65. The van der Waals surface area contributed by atoms with Crippen molar-refractivity contribution in [2.24, 2.45) is 0 Å². The molecule has 1 aliphatic rings. The quantitative estimate of drug-likeness (QED) is 0.729. The molecule has 3 rings (SSSR count). The predicted molar refractivity (Wildman–Crippen MR) is 95.6 cm³/mol. The molecule has 0 aromatic carbocycles. The second-order valence-corrected chi connectivity index (χ2v) is 6.90. The van der Waals surface area contributed by atoms with Crippen molar-refractivity contribution in [3.8, 4) is 11.5 Å². The Bertz CT molecular complexity index is 818. The number of aromatic nitrogens is 2. The fraction of sp³-hybridized carbons (Fsp3) is 0.500. The zero-order valence-corrected chi connectivity index (χ0v) is 16.2. The molecule has 0 spiro atoms. The maximum Gasteiger partial charge on any atom is 0.490 e. The number of thiazole rings is 1. The van der Waals surface area contributed by atoms with E-state index in [0.29, 0.717) is 18.0 Å². The normalized spacial score (nSPS) is 14.8. The SMILES string of the molecule is Cc1nc(-c2cc(C(=O)NCCN3CCOCC3)no2)cs1.O=C(O)C(F)(F)F. The maximum atomic E-state index is 12.0. The number of halogens is 3. The Labute approximate surface area is 167 Å². The summed E-state index contributed by atoms with van der Waals surface area (Å²) >= 11 is 1.53. The number of hydrogen-bond donors (Lipinski definition) is 2. The average molecular weight is 436 g/mol. The number of carboxylic acid groups (broad SMARTS) is 1. The lowest BCUT2D eigenvalue weighted by atomic mass is 10.3. The van der Waals surface area contributed by atoms with Crippen LogP contribution in [-0.4, -0.2) is 77.6 Å². The molecule has 0 saturated carbocycles. The fourth-order valence-corrected chi connectivity index (χ4v) is 2.82. The number of hydrogen-bond acceptors (Lipinski definition) is 8. The smallest absolute Gasteiger partial charge is 0.475 e. The summed E-state index contributed by atoms with van der Waals surface area (Å²) in [6, 6.07) is 1.62. The van der Waals surface area contributed by atoms with Crippen LogP contribution in [-0.2, 0) is 9.53 Å². The van der Waals surface area contributed by atoms with Gasteiger partial charge >= 0.3 is 12.1 Å². The van der Waals surface area contributed by atoms with Gasteiger partial charge in [-0.25, -0.2) is 9.78 Å². The Morgan fingerprint density at radius 1 is 1.34 bits per heavy atom. The molecule has 1 aliphatic heterocycles. The number of rotatable bonds is 5. The predicted octanol–water partition coefficient (Wildman–Crippen LogP) is 1.80. The van der Waals surface area contributed by atoms with Crippen LogP contribution in [0.4, 0.5) is 13.2 Å². The Kier molecular flexibility index (Phi) is 8.10. The number of aryl methyl sites for hydroxylation is 1. The summed E-state index contributed by atoms with van der Waals surface area (Å²) < 4.78 is 42.2. The van der Waals surface area contributed by atoms with E-state index in [1.807, 2.05) is 12.3 Å². The molecule has 13 heteroatoms. The molecule has 3 heterocycles. The van der Waals surface area contributed by atoms with Crippen LogP contribution < -0.4 is 5.32 Å². The van der Waals surface area contributed by atoms with Crippen LogP contribution in [0.15, 0.2) is 16.0 Å². The van der Waals surface area contributed by atoms with Crippen LogP contribution in [0.1, 0.15) is 15.5 Å². The van der Waals surface area contributed by atoms with Gasteiger partial charge < -0.3 is 19.7 Å². The number of ether oxygens (including phenoxy) is 1. The van der Waals surface area contributed by atoms with Crippen LogP contribution >= 0.6 is 11.3 Å². The number of morpholine rings is 1. The molecule has 0 unspecified atom stereocenters. The highest BCUT2D eigenvalue weighted by Crippen LogP contribution is 2.22. The van der Waals surface area contributed by atoms with E-state index in [1.54, 1.807) is 6.07 Å². The van der Waals surface area contributed by atoms with Gasteiger partial charge in [0.25, 0.3) is 5.91 Å². The lowest BCUT2D eigenvalue weighted by Crippen LogP contribution is -2.41. The first-order valence-electron chi connectivity index (χ1n) is 8.44. The maximum absolute atomic E-state index is 12.0. The lowest BCUT2D eigenvalue weighted by molar-refractivity contribution is -0.192. The Balaban J connectivity index is 0.000000370. The van der Waals surface area contributed by atoms with E-state index in [-0.39, 0.29) is 11.6 Å².